The molecule has 5 nitrogen and oxygen atoms in total. The lowest BCUT2D eigenvalue weighted by Gasteiger charge is -2.22. The average Bonchev–Trinajstić information content (AvgIpc) is 3.19. The Morgan fingerprint density at radius 2 is 1.96 bits per heavy atom. The van der Waals surface area contributed by atoms with Crippen molar-refractivity contribution in [2.75, 3.05) is 26.2 Å². The number of benzene rings is 1. The van der Waals surface area contributed by atoms with Crippen LogP contribution in [-0.4, -0.2) is 43.4 Å². The summed E-state index contributed by atoms with van der Waals surface area (Å²) in [5.41, 5.74) is -0.0547. The molecule has 0 aliphatic rings. The normalized spacial score (nSPS) is 12.8. The monoisotopic (exact) mass is 521 g/mol. The number of ether oxygens (including phenoxy) is 1. The van der Waals surface area contributed by atoms with Crippen molar-refractivity contribution in [3.63, 3.8) is 0 Å². The van der Waals surface area contributed by atoms with Gasteiger partial charge in [-0.1, -0.05) is 19.9 Å². The molecule has 2 aromatic rings. The molecule has 0 saturated carbocycles. The minimum Gasteiger partial charge on any atom is -0.491 e. The van der Waals surface area contributed by atoms with E-state index in [1.807, 2.05) is 13.0 Å². The Labute approximate surface area is 187 Å². The maximum Gasteiger partial charge on any atom is 0.191 e. The summed E-state index contributed by atoms with van der Waals surface area (Å²) >= 11 is 1.73. The van der Waals surface area contributed by atoms with E-state index in [4.69, 9.17) is 4.74 Å². The minimum atomic E-state index is -0.718. The maximum absolute atomic E-state index is 12.9. The van der Waals surface area contributed by atoms with Crippen LogP contribution in [-0.2, 0) is 5.41 Å². The van der Waals surface area contributed by atoms with Crippen LogP contribution in [0.1, 0.15) is 25.6 Å². The zero-order valence-electron chi connectivity index (χ0n) is 16.4. The molecular weight excluding hydrogens is 492 g/mol. The Kier molecular flexibility index (Phi) is 10.8. The van der Waals surface area contributed by atoms with E-state index in [1.54, 1.807) is 11.3 Å². The fourth-order valence-corrected chi connectivity index (χ4v) is 3.20. The van der Waals surface area contributed by atoms with Gasteiger partial charge in [0.1, 0.15) is 24.3 Å². The first kappa shape index (κ1) is 24.6. The molecule has 8 heteroatoms. The molecule has 0 amide bonds. The van der Waals surface area contributed by atoms with Gasteiger partial charge in [-0.2, -0.15) is 0 Å². The number of aliphatic imine (C=N–C) groups is 1. The summed E-state index contributed by atoms with van der Waals surface area (Å²) in [6, 6.07) is 9.89. The summed E-state index contributed by atoms with van der Waals surface area (Å²) in [5.74, 6) is 0.859. The second-order valence-corrected chi connectivity index (χ2v) is 7.80. The van der Waals surface area contributed by atoms with Crippen LogP contribution in [0.15, 0.2) is 46.8 Å². The molecule has 2 rings (SSSR count). The fraction of sp³-hybridized carbons (Fsp3) is 0.450. The molecule has 0 fully saturated rings. The maximum atomic E-state index is 12.9. The van der Waals surface area contributed by atoms with Gasteiger partial charge in [-0.15, -0.1) is 35.3 Å². The molecule has 1 aromatic carbocycles. The van der Waals surface area contributed by atoms with E-state index >= 15 is 0 Å². The first-order chi connectivity index (χ1) is 12.9. The highest BCUT2D eigenvalue weighted by Crippen LogP contribution is 2.27. The van der Waals surface area contributed by atoms with Gasteiger partial charge in [0, 0.05) is 23.4 Å². The third kappa shape index (κ3) is 8.32. The van der Waals surface area contributed by atoms with Gasteiger partial charge >= 0.3 is 0 Å². The van der Waals surface area contributed by atoms with Crippen LogP contribution in [0, 0.1) is 5.82 Å². The van der Waals surface area contributed by atoms with Crippen molar-refractivity contribution in [3.05, 3.63) is 52.5 Å². The van der Waals surface area contributed by atoms with Crippen molar-refractivity contribution in [1.29, 1.82) is 0 Å². The molecule has 0 bridgehead atoms. The quantitative estimate of drug-likeness (QED) is 0.267. The smallest absolute Gasteiger partial charge is 0.191 e. The number of nitrogens with one attached hydrogen (secondary N) is 2. The molecule has 0 radical (unpaired) electrons. The van der Waals surface area contributed by atoms with Crippen molar-refractivity contribution in [2.24, 2.45) is 4.99 Å². The van der Waals surface area contributed by atoms with Gasteiger partial charge in [0.05, 0.1) is 6.54 Å². The van der Waals surface area contributed by atoms with Gasteiger partial charge in [-0.25, -0.2) is 4.39 Å². The standard InChI is InChI=1S/C20H28FN3O2S.HI/c1-4-22-19(24-14-20(2,3)18-6-5-11-27-18)23-12-16(25)13-26-17-9-7-15(21)8-10-17;/h5-11,16,25H,4,12-14H2,1-3H3,(H2,22,23,24);1H. The van der Waals surface area contributed by atoms with Crippen LogP contribution in [0.4, 0.5) is 4.39 Å². The van der Waals surface area contributed by atoms with Gasteiger partial charge in [0.15, 0.2) is 5.96 Å². The minimum absolute atomic E-state index is 0. The van der Waals surface area contributed by atoms with Crippen molar-refractivity contribution < 1.29 is 14.2 Å². The van der Waals surface area contributed by atoms with Gasteiger partial charge in [-0.3, -0.25) is 4.99 Å². The first-order valence-electron chi connectivity index (χ1n) is 9.03. The third-order valence-corrected chi connectivity index (χ3v) is 5.16. The summed E-state index contributed by atoms with van der Waals surface area (Å²) in [4.78, 5) is 5.94. The van der Waals surface area contributed by atoms with Crippen LogP contribution >= 0.6 is 35.3 Å². The molecule has 1 atom stereocenters. The summed E-state index contributed by atoms with van der Waals surface area (Å²) in [6.07, 6.45) is -0.718. The van der Waals surface area contributed by atoms with Gasteiger partial charge in [-0.05, 0) is 42.6 Å². The molecule has 1 aromatic heterocycles. The van der Waals surface area contributed by atoms with E-state index in [0.29, 0.717) is 24.8 Å². The zero-order chi connectivity index (χ0) is 19.7. The molecule has 0 aliphatic heterocycles. The van der Waals surface area contributed by atoms with E-state index in [2.05, 4.69) is 40.9 Å². The van der Waals surface area contributed by atoms with Gasteiger partial charge in [0.25, 0.3) is 0 Å². The van der Waals surface area contributed by atoms with Crippen LogP contribution in [0.2, 0.25) is 0 Å². The highest BCUT2D eigenvalue weighted by atomic mass is 127. The Morgan fingerprint density at radius 1 is 1.25 bits per heavy atom. The van der Waals surface area contributed by atoms with E-state index in [1.165, 1.54) is 29.1 Å². The topological polar surface area (TPSA) is 65.9 Å². The predicted octanol–water partition coefficient (Wildman–Crippen LogP) is 3.78. The lowest BCUT2D eigenvalue weighted by molar-refractivity contribution is 0.110. The van der Waals surface area contributed by atoms with E-state index in [9.17, 15) is 9.50 Å². The molecule has 0 saturated heterocycles. The molecule has 1 heterocycles. The van der Waals surface area contributed by atoms with Crippen LogP contribution in [0.5, 0.6) is 5.75 Å². The first-order valence-corrected chi connectivity index (χ1v) is 9.91. The number of halogens is 2. The second-order valence-electron chi connectivity index (χ2n) is 6.86. The Bertz CT molecular complexity index is 709. The number of thiophene rings is 1. The number of aliphatic hydroxyl groups excluding tert-OH is 1. The Hall–Kier alpha value is -1.39. The lowest BCUT2D eigenvalue weighted by atomic mass is 9.92. The Morgan fingerprint density at radius 3 is 2.57 bits per heavy atom. The highest BCUT2D eigenvalue weighted by Gasteiger charge is 2.21. The summed E-state index contributed by atoms with van der Waals surface area (Å²) < 4.78 is 18.3. The van der Waals surface area contributed by atoms with Gasteiger partial charge < -0.3 is 20.5 Å². The van der Waals surface area contributed by atoms with Gasteiger partial charge in [0.2, 0.25) is 0 Å². The predicted molar refractivity (Wildman–Crippen MR) is 125 cm³/mol. The summed E-state index contributed by atoms with van der Waals surface area (Å²) in [5, 5.41) is 18.5. The van der Waals surface area contributed by atoms with Crippen LogP contribution in [0.25, 0.3) is 0 Å². The van der Waals surface area contributed by atoms with Crippen molar-refractivity contribution >= 4 is 41.3 Å². The van der Waals surface area contributed by atoms with E-state index in [-0.39, 0.29) is 41.8 Å². The van der Waals surface area contributed by atoms with E-state index in [0.717, 1.165) is 6.54 Å². The number of guanidine groups is 1. The number of hydrogen-bond acceptors (Lipinski definition) is 4. The van der Waals surface area contributed by atoms with Crippen LogP contribution < -0.4 is 15.4 Å². The fourth-order valence-electron chi connectivity index (χ4n) is 2.36. The SMILES string of the molecule is CCNC(=NCC(C)(C)c1cccs1)NCC(O)COc1ccc(F)cc1.I. The summed E-state index contributed by atoms with van der Waals surface area (Å²) in [6.45, 7) is 8.09. The van der Waals surface area contributed by atoms with Crippen LogP contribution in [0.3, 0.4) is 0 Å². The summed E-state index contributed by atoms with van der Waals surface area (Å²) in [7, 11) is 0. The van der Waals surface area contributed by atoms with E-state index < -0.39 is 6.10 Å². The third-order valence-electron chi connectivity index (χ3n) is 3.93. The number of rotatable bonds is 9. The average molecular weight is 521 g/mol. The van der Waals surface area contributed by atoms with Crippen molar-refractivity contribution in [2.45, 2.75) is 32.3 Å². The number of nitrogens with zero attached hydrogens (tertiary/aromatic N) is 1. The largest absolute Gasteiger partial charge is 0.491 e. The van der Waals surface area contributed by atoms with Crippen molar-refractivity contribution in [1.82, 2.24) is 10.6 Å². The van der Waals surface area contributed by atoms with Crippen molar-refractivity contribution in [3.8, 4) is 5.75 Å². The molecule has 156 valence electrons. The lowest BCUT2D eigenvalue weighted by Crippen LogP contribution is -2.43. The molecule has 28 heavy (non-hydrogen) atoms. The second kappa shape index (κ2) is 12.2. The molecule has 0 spiro atoms. The molecular formula is C20H29FIN3O2S. The highest BCUT2D eigenvalue weighted by molar-refractivity contribution is 14.0. The number of aliphatic hydroxyl groups is 1. The molecule has 0 aliphatic carbocycles. The number of hydrogen-bond donors (Lipinski definition) is 3. The Balaban J connectivity index is 0.00000392. The molecule has 1 unspecified atom stereocenters. The molecule has 3 N–H and O–H groups in total. The zero-order valence-corrected chi connectivity index (χ0v) is 19.6.